The van der Waals surface area contributed by atoms with E-state index in [1.54, 1.807) is 0 Å². The molecule has 1 aliphatic carbocycles. The van der Waals surface area contributed by atoms with Gasteiger partial charge in [-0.15, -0.1) is 0 Å². The highest BCUT2D eigenvalue weighted by Crippen LogP contribution is 2.49. The third kappa shape index (κ3) is 30.9. The van der Waals surface area contributed by atoms with Crippen LogP contribution in [0.1, 0.15) is 181 Å². The van der Waals surface area contributed by atoms with Crippen LogP contribution in [0.3, 0.4) is 0 Å². The van der Waals surface area contributed by atoms with Crippen LogP contribution in [0.25, 0.3) is 0 Å². The van der Waals surface area contributed by atoms with Gasteiger partial charge in [0.1, 0.15) is 43.2 Å². The molecule has 0 bridgehead atoms. The van der Waals surface area contributed by atoms with Crippen molar-refractivity contribution in [2.24, 2.45) is 0 Å². The van der Waals surface area contributed by atoms with E-state index in [2.05, 4.69) is 54.8 Å². The number of carbonyl (C=O) groups is 2. The van der Waals surface area contributed by atoms with Gasteiger partial charge in [0.25, 0.3) is 0 Å². The van der Waals surface area contributed by atoms with E-state index < -0.39 is 83.5 Å². The van der Waals surface area contributed by atoms with Gasteiger partial charge in [0.15, 0.2) is 6.10 Å². The second kappa shape index (κ2) is 36.4. The normalized spacial score (nSPS) is 22.2. The molecule has 1 aliphatic rings. The summed E-state index contributed by atoms with van der Waals surface area (Å²) in [7, 11) is -10.7. The van der Waals surface area contributed by atoms with Gasteiger partial charge in [-0.1, -0.05) is 134 Å². The molecule has 1 rings (SSSR count). The fourth-order valence-electron chi connectivity index (χ4n) is 6.99. The Morgan fingerprint density at radius 2 is 0.921 bits per heavy atom. The number of aliphatic hydroxyl groups excluding tert-OH is 4. The van der Waals surface area contributed by atoms with Crippen LogP contribution >= 0.6 is 15.6 Å². The molecule has 1 fully saturated rings. The summed E-state index contributed by atoms with van der Waals surface area (Å²) in [4.78, 5) is 54.2. The van der Waals surface area contributed by atoms with E-state index in [0.29, 0.717) is 12.8 Å². The molecule has 0 amide bonds. The molecular formula is C45H82O16P2. The van der Waals surface area contributed by atoms with Gasteiger partial charge in [0, 0.05) is 12.8 Å². The van der Waals surface area contributed by atoms with Crippen LogP contribution in [-0.2, 0) is 41.8 Å². The van der Waals surface area contributed by atoms with E-state index in [-0.39, 0.29) is 12.8 Å². The smallest absolute Gasteiger partial charge is 0.462 e. The van der Waals surface area contributed by atoms with Crippen LogP contribution in [0.5, 0.6) is 0 Å². The topological polar surface area (TPSA) is 256 Å². The molecule has 8 unspecified atom stereocenters. The number of phosphoric ester groups is 2. The largest absolute Gasteiger partial charge is 0.472 e. The second-order valence-corrected chi connectivity index (χ2v) is 19.1. The van der Waals surface area contributed by atoms with E-state index >= 15 is 0 Å². The van der Waals surface area contributed by atoms with E-state index in [1.165, 1.54) is 57.8 Å². The lowest BCUT2D eigenvalue weighted by atomic mass is 9.85. The third-order valence-electron chi connectivity index (χ3n) is 10.7. The van der Waals surface area contributed by atoms with Gasteiger partial charge < -0.3 is 44.6 Å². The number of ether oxygens (including phenoxy) is 2. The van der Waals surface area contributed by atoms with Crippen LogP contribution < -0.4 is 0 Å². The maximum atomic E-state index is 13.0. The lowest BCUT2D eigenvalue weighted by molar-refractivity contribution is -0.216. The highest BCUT2D eigenvalue weighted by atomic mass is 31.2. The predicted molar refractivity (Wildman–Crippen MR) is 241 cm³/mol. The SMILES string of the molecule is CCCCCC=CCC=CCCCCCCCC(=O)OCC(COP(=O)(O)OC1C(O)C(O)C(O)C(OP(=O)(O)O)C1O)OC(=O)CCCCCCCC=CCCCCCCCC. The van der Waals surface area contributed by atoms with Gasteiger partial charge >= 0.3 is 27.6 Å². The Balaban J connectivity index is 2.62. The summed E-state index contributed by atoms with van der Waals surface area (Å²) in [5.74, 6) is -1.23. The molecule has 0 radical (unpaired) electrons. The third-order valence-corrected chi connectivity index (χ3v) is 12.2. The fourth-order valence-corrected chi connectivity index (χ4v) is 8.53. The van der Waals surface area contributed by atoms with Crippen molar-refractivity contribution in [1.82, 2.24) is 0 Å². The molecule has 16 nitrogen and oxygen atoms in total. The number of aliphatic hydroxyl groups is 4. The zero-order valence-electron chi connectivity index (χ0n) is 38.0. The van der Waals surface area contributed by atoms with E-state index in [4.69, 9.17) is 28.3 Å². The van der Waals surface area contributed by atoms with Gasteiger partial charge in [-0.05, 0) is 70.6 Å². The molecule has 1 saturated carbocycles. The summed E-state index contributed by atoms with van der Waals surface area (Å²) in [5, 5.41) is 41.2. The molecule has 63 heavy (non-hydrogen) atoms. The quantitative estimate of drug-likeness (QED) is 0.0132. The first-order chi connectivity index (χ1) is 30.1. The van der Waals surface area contributed by atoms with Crippen molar-refractivity contribution >= 4 is 27.6 Å². The molecule has 0 aromatic rings. The van der Waals surface area contributed by atoms with Crippen LogP contribution in [0.2, 0.25) is 0 Å². The molecule has 0 heterocycles. The summed E-state index contributed by atoms with van der Waals surface area (Å²) in [5.41, 5.74) is 0. The fraction of sp³-hybridized carbons (Fsp3) is 0.822. The second-order valence-electron chi connectivity index (χ2n) is 16.5. The Morgan fingerprint density at radius 3 is 1.43 bits per heavy atom. The monoisotopic (exact) mass is 941 g/mol. The molecule has 368 valence electrons. The predicted octanol–water partition coefficient (Wildman–Crippen LogP) is 8.73. The molecule has 8 atom stereocenters. The van der Waals surface area contributed by atoms with Gasteiger partial charge in [0.05, 0.1) is 6.61 Å². The number of carbonyl (C=O) groups excluding carboxylic acids is 2. The maximum Gasteiger partial charge on any atom is 0.472 e. The van der Waals surface area contributed by atoms with E-state index in [1.807, 2.05) is 0 Å². The molecule has 0 spiro atoms. The van der Waals surface area contributed by atoms with Crippen molar-refractivity contribution in [3.05, 3.63) is 36.5 Å². The number of unbranched alkanes of at least 4 members (excludes halogenated alkanes) is 19. The van der Waals surface area contributed by atoms with Crippen LogP contribution in [0.4, 0.5) is 0 Å². The molecule has 18 heteroatoms. The molecule has 0 aromatic carbocycles. The van der Waals surface area contributed by atoms with Crippen molar-refractivity contribution in [2.75, 3.05) is 13.2 Å². The average molecular weight is 941 g/mol. The zero-order chi connectivity index (χ0) is 46.8. The Morgan fingerprint density at radius 1 is 0.508 bits per heavy atom. The van der Waals surface area contributed by atoms with Crippen molar-refractivity contribution in [3.8, 4) is 0 Å². The summed E-state index contributed by atoms with van der Waals surface area (Å²) < 4.78 is 49.3. The standard InChI is InChI=1S/C45H82O16P2/c1-3-5-7-9-11-13-15-17-19-21-23-25-27-29-31-33-38(46)57-35-37(59-39(47)34-32-30-28-26-24-22-20-18-16-14-12-10-8-6-4-2)36-58-63(55,56)61-45-42(50)40(48)41(49)44(43(45)51)60-62(52,53)54/h11,13,17-20,37,40-45,48-51H,3-10,12,14-16,21-36H2,1-2H3,(H,55,56)(H2,52,53,54). The van der Waals surface area contributed by atoms with Crippen molar-refractivity contribution < 1.29 is 76.9 Å². The zero-order valence-corrected chi connectivity index (χ0v) is 39.8. The lowest BCUT2D eigenvalue weighted by Crippen LogP contribution is -2.64. The average Bonchev–Trinajstić information content (AvgIpc) is 3.23. The number of allylic oxidation sites excluding steroid dienone is 6. The Kier molecular flexibility index (Phi) is 34.2. The highest BCUT2D eigenvalue weighted by molar-refractivity contribution is 7.47. The number of phosphoric acid groups is 2. The molecular weight excluding hydrogens is 858 g/mol. The first kappa shape index (κ1) is 59.2. The highest BCUT2D eigenvalue weighted by Gasteiger charge is 2.54. The summed E-state index contributed by atoms with van der Waals surface area (Å²) in [6.07, 6.45) is 23.9. The first-order valence-electron chi connectivity index (χ1n) is 23.5. The van der Waals surface area contributed by atoms with Crippen molar-refractivity contribution in [2.45, 2.75) is 224 Å². The molecule has 0 saturated heterocycles. The number of rotatable bonds is 39. The minimum Gasteiger partial charge on any atom is -0.462 e. The van der Waals surface area contributed by atoms with Crippen LogP contribution in [0.15, 0.2) is 36.5 Å². The van der Waals surface area contributed by atoms with Crippen LogP contribution in [-0.4, -0.2) is 103 Å². The first-order valence-corrected chi connectivity index (χ1v) is 26.6. The molecule has 0 aliphatic heterocycles. The van der Waals surface area contributed by atoms with Gasteiger partial charge in [0.2, 0.25) is 0 Å². The number of esters is 2. The Hall–Kier alpha value is -1.78. The Bertz CT molecular complexity index is 1370. The van der Waals surface area contributed by atoms with Gasteiger partial charge in [-0.2, -0.15) is 0 Å². The number of hydrogen-bond acceptors (Lipinski definition) is 13. The van der Waals surface area contributed by atoms with E-state index in [0.717, 1.165) is 83.5 Å². The number of hydrogen-bond donors (Lipinski definition) is 7. The molecule has 7 N–H and O–H groups in total. The summed E-state index contributed by atoms with van der Waals surface area (Å²) in [6, 6.07) is 0. The van der Waals surface area contributed by atoms with Crippen molar-refractivity contribution in [3.63, 3.8) is 0 Å². The minimum absolute atomic E-state index is 0.0312. The molecule has 0 aromatic heterocycles. The minimum atomic E-state index is -5.36. The van der Waals surface area contributed by atoms with Crippen molar-refractivity contribution in [1.29, 1.82) is 0 Å². The van der Waals surface area contributed by atoms with Gasteiger partial charge in [-0.25, -0.2) is 9.13 Å². The lowest BCUT2D eigenvalue weighted by Gasteiger charge is -2.43. The van der Waals surface area contributed by atoms with Crippen LogP contribution in [0, 0.1) is 0 Å². The van der Waals surface area contributed by atoms with Gasteiger partial charge in [-0.3, -0.25) is 23.2 Å². The van der Waals surface area contributed by atoms with E-state index in [9.17, 15) is 44.0 Å². The maximum absolute atomic E-state index is 13.0. The summed E-state index contributed by atoms with van der Waals surface area (Å²) in [6.45, 7) is 3.06. The summed E-state index contributed by atoms with van der Waals surface area (Å²) >= 11 is 0. The Labute approximate surface area is 376 Å².